The van der Waals surface area contributed by atoms with Gasteiger partial charge in [-0.05, 0) is 30.5 Å². The quantitative estimate of drug-likeness (QED) is 0.692. The molecule has 1 atom stereocenters. The Hall–Kier alpha value is -2.74. The third-order valence-electron chi connectivity index (χ3n) is 3.11. The first-order valence-corrected chi connectivity index (χ1v) is 8.23. The van der Waals surface area contributed by atoms with Crippen molar-refractivity contribution in [2.75, 3.05) is 13.1 Å². The second kappa shape index (κ2) is 8.78. The normalized spacial score (nSPS) is 11.4. The highest BCUT2D eigenvalue weighted by molar-refractivity contribution is 7.12. The van der Waals surface area contributed by atoms with Crippen LogP contribution in [-0.2, 0) is 9.59 Å². The van der Waals surface area contributed by atoms with E-state index in [0.29, 0.717) is 4.88 Å². The molecule has 2 aromatic heterocycles. The number of amides is 3. The van der Waals surface area contributed by atoms with Crippen LogP contribution in [-0.4, -0.2) is 35.8 Å². The first kappa shape index (κ1) is 17.6. The number of hydrogen-bond donors (Lipinski definition) is 3. The van der Waals surface area contributed by atoms with Crippen molar-refractivity contribution in [3.05, 3.63) is 52.5 Å². The van der Waals surface area contributed by atoms with E-state index in [9.17, 15) is 14.4 Å². The van der Waals surface area contributed by atoms with Gasteiger partial charge in [0.2, 0.25) is 11.8 Å². The van der Waals surface area contributed by atoms with Crippen LogP contribution in [0.5, 0.6) is 0 Å². The van der Waals surface area contributed by atoms with Crippen LogP contribution in [0.3, 0.4) is 0 Å². The lowest BCUT2D eigenvalue weighted by Crippen LogP contribution is -2.42. The second-order valence-corrected chi connectivity index (χ2v) is 5.93. The Morgan fingerprint density at radius 2 is 1.88 bits per heavy atom. The molecule has 0 aromatic carbocycles. The lowest BCUT2D eigenvalue weighted by Gasteiger charge is -2.13. The molecule has 2 aromatic rings. The average molecular weight is 346 g/mol. The summed E-state index contributed by atoms with van der Waals surface area (Å²) >= 11 is 1.29. The van der Waals surface area contributed by atoms with Gasteiger partial charge in [-0.15, -0.1) is 11.3 Å². The molecule has 0 bridgehead atoms. The lowest BCUT2D eigenvalue weighted by molar-refractivity contribution is -0.125. The standard InChI is InChI=1S/C16H18N4O3S/c1-11(12-5-2-3-7-17-12)20-15(22)10-18-14(21)9-19-16(23)13-6-4-8-24-13/h2-8,11H,9-10H2,1H3,(H,18,21)(H,19,23)(H,20,22)/t11-/m0/s1. The van der Waals surface area contributed by atoms with E-state index in [1.807, 2.05) is 19.1 Å². The number of nitrogens with zero attached hydrogens (tertiary/aromatic N) is 1. The molecule has 0 saturated heterocycles. The Balaban J connectivity index is 1.67. The minimum absolute atomic E-state index is 0.162. The van der Waals surface area contributed by atoms with Crippen molar-refractivity contribution in [2.24, 2.45) is 0 Å². The molecule has 7 nitrogen and oxygen atoms in total. The molecule has 2 rings (SSSR count). The van der Waals surface area contributed by atoms with Gasteiger partial charge in [-0.3, -0.25) is 19.4 Å². The SMILES string of the molecule is C[C@H](NC(=O)CNC(=O)CNC(=O)c1cccs1)c1ccccn1. The van der Waals surface area contributed by atoms with Crippen molar-refractivity contribution in [3.8, 4) is 0 Å². The smallest absolute Gasteiger partial charge is 0.261 e. The molecule has 0 unspecified atom stereocenters. The van der Waals surface area contributed by atoms with Gasteiger partial charge >= 0.3 is 0 Å². The van der Waals surface area contributed by atoms with Crippen molar-refractivity contribution in [1.82, 2.24) is 20.9 Å². The van der Waals surface area contributed by atoms with Crippen LogP contribution in [0.2, 0.25) is 0 Å². The Morgan fingerprint density at radius 3 is 2.54 bits per heavy atom. The van der Waals surface area contributed by atoms with E-state index in [4.69, 9.17) is 0 Å². The summed E-state index contributed by atoms with van der Waals surface area (Å²) in [6.45, 7) is 1.47. The number of carbonyl (C=O) groups is 3. The zero-order valence-electron chi connectivity index (χ0n) is 13.1. The molecule has 0 saturated carbocycles. The summed E-state index contributed by atoms with van der Waals surface area (Å²) in [6.07, 6.45) is 1.65. The van der Waals surface area contributed by atoms with E-state index in [-0.39, 0.29) is 30.9 Å². The number of rotatable bonds is 7. The summed E-state index contributed by atoms with van der Waals surface area (Å²) in [6, 6.07) is 8.61. The molecule has 0 aliphatic rings. The maximum atomic E-state index is 11.8. The largest absolute Gasteiger partial charge is 0.346 e. The molecule has 24 heavy (non-hydrogen) atoms. The van der Waals surface area contributed by atoms with Crippen molar-refractivity contribution < 1.29 is 14.4 Å². The topological polar surface area (TPSA) is 100 Å². The molecule has 0 radical (unpaired) electrons. The summed E-state index contributed by atoms with van der Waals surface area (Å²) in [5.41, 5.74) is 0.736. The fraction of sp³-hybridized carbons (Fsp3) is 0.250. The first-order valence-electron chi connectivity index (χ1n) is 7.35. The van der Waals surface area contributed by atoms with E-state index in [0.717, 1.165) is 5.69 Å². The van der Waals surface area contributed by atoms with Gasteiger partial charge in [0.15, 0.2) is 0 Å². The lowest BCUT2D eigenvalue weighted by atomic mass is 10.2. The zero-order valence-corrected chi connectivity index (χ0v) is 13.9. The van der Waals surface area contributed by atoms with Gasteiger partial charge < -0.3 is 16.0 Å². The van der Waals surface area contributed by atoms with E-state index < -0.39 is 5.91 Å². The predicted molar refractivity (Wildman–Crippen MR) is 90.5 cm³/mol. The molecule has 126 valence electrons. The van der Waals surface area contributed by atoms with Crippen LogP contribution in [0.1, 0.15) is 28.3 Å². The molecule has 0 aliphatic carbocycles. The molecule has 0 aliphatic heterocycles. The van der Waals surface area contributed by atoms with E-state index in [2.05, 4.69) is 20.9 Å². The molecule has 3 amide bonds. The molecular formula is C16H18N4O3S. The highest BCUT2D eigenvalue weighted by Crippen LogP contribution is 2.08. The van der Waals surface area contributed by atoms with E-state index in [1.54, 1.807) is 29.8 Å². The van der Waals surface area contributed by atoms with Gasteiger partial charge in [-0.1, -0.05) is 12.1 Å². The number of carbonyl (C=O) groups excluding carboxylic acids is 3. The summed E-state index contributed by atoms with van der Waals surface area (Å²) in [7, 11) is 0. The molecule has 0 spiro atoms. The summed E-state index contributed by atoms with van der Waals surface area (Å²) in [4.78, 5) is 39.8. The van der Waals surface area contributed by atoms with Gasteiger partial charge in [-0.25, -0.2) is 0 Å². The number of hydrogen-bond acceptors (Lipinski definition) is 5. The Kier molecular flexibility index (Phi) is 6.44. The number of nitrogens with one attached hydrogen (secondary N) is 3. The molecule has 8 heteroatoms. The van der Waals surface area contributed by atoms with Crippen molar-refractivity contribution in [3.63, 3.8) is 0 Å². The van der Waals surface area contributed by atoms with E-state index in [1.165, 1.54) is 11.3 Å². The molecule has 0 fully saturated rings. The second-order valence-electron chi connectivity index (χ2n) is 4.98. The van der Waals surface area contributed by atoms with Crippen molar-refractivity contribution in [2.45, 2.75) is 13.0 Å². The highest BCUT2D eigenvalue weighted by Gasteiger charge is 2.12. The van der Waals surface area contributed by atoms with Crippen LogP contribution >= 0.6 is 11.3 Å². The summed E-state index contributed by atoms with van der Waals surface area (Å²) in [5.74, 6) is -1.07. The van der Waals surface area contributed by atoms with Crippen LogP contribution in [0.15, 0.2) is 41.9 Å². The minimum atomic E-state index is -0.430. The van der Waals surface area contributed by atoms with Gasteiger partial charge in [-0.2, -0.15) is 0 Å². The van der Waals surface area contributed by atoms with Gasteiger partial charge in [0.05, 0.1) is 29.7 Å². The summed E-state index contributed by atoms with van der Waals surface area (Å²) < 4.78 is 0. The predicted octanol–water partition coefficient (Wildman–Crippen LogP) is 0.866. The zero-order chi connectivity index (χ0) is 17.4. The van der Waals surface area contributed by atoms with Gasteiger partial charge in [0.25, 0.3) is 5.91 Å². The Bertz CT molecular complexity index is 689. The first-order chi connectivity index (χ1) is 11.6. The highest BCUT2D eigenvalue weighted by atomic mass is 32.1. The van der Waals surface area contributed by atoms with Crippen molar-refractivity contribution in [1.29, 1.82) is 0 Å². The summed E-state index contributed by atoms with van der Waals surface area (Å²) in [5, 5.41) is 9.47. The Labute approximate surface area is 143 Å². The van der Waals surface area contributed by atoms with Crippen LogP contribution < -0.4 is 16.0 Å². The third-order valence-corrected chi connectivity index (χ3v) is 3.98. The van der Waals surface area contributed by atoms with E-state index >= 15 is 0 Å². The van der Waals surface area contributed by atoms with Gasteiger partial charge in [0.1, 0.15) is 0 Å². The maximum absolute atomic E-state index is 11.8. The van der Waals surface area contributed by atoms with Crippen LogP contribution in [0, 0.1) is 0 Å². The maximum Gasteiger partial charge on any atom is 0.261 e. The van der Waals surface area contributed by atoms with Crippen LogP contribution in [0.25, 0.3) is 0 Å². The third kappa shape index (κ3) is 5.47. The molecular weight excluding hydrogens is 328 g/mol. The Morgan fingerprint density at radius 1 is 1.08 bits per heavy atom. The van der Waals surface area contributed by atoms with Crippen LogP contribution in [0.4, 0.5) is 0 Å². The fourth-order valence-electron chi connectivity index (χ4n) is 1.90. The number of pyridine rings is 1. The number of thiophene rings is 1. The molecule has 3 N–H and O–H groups in total. The minimum Gasteiger partial charge on any atom is -0.346 e. The van der Waals surface area contributed by atoms with Crippen molar-refractivity contribution >= 4 is 29.1 Å². The average Bonchev–Trinajstić information content (AvgIpc) is 3.13. The number of aromatic nitrogens is 1. The fourth-order valence-corrected chi connectivity index (χ4v) is 2.54. The molecule has 2 heterocycles. The van der Waals surface area contributed by atoms with Gasteiger partial charge in [0, 0.05) is 6.20 Å². The monoisotopic (exact) mass is 346 g/mol.